The number of nitrogens with zero attached hydrogens (tertiary/aromatic N) is 4. The molecule has 0 N–H and O–H groups in total. The molecule has 0 aliphatic rings. The number of furan rings is 1. The zero-order valence-electron chi connectivity index (χ0n) is 31.1. The van der Waals surface area contributed by atoms with E-state index < -0.39 is 0 Å². The van der Waals surface area contributed by atoms with Gasteiger partial charge in [0, 0.05) is 38.6 Å². The second-order valence-corrected chi connectivity index (χ2v) is 14.3. The van der Waals surface area contributed by atoms with Crippen molar-refractivity contribution in [3.8, 4) is 79.0 Å². The van der Waals surface area contributed by atoms with Crippen LogP contribution < -0.4 is 0 Å². The number of aromatic nitrogens is 4. The molecule has 272 valence electrons. The Bertz CT molecular complexity index is 3260. The molecule has 58 heavy (non-hydrogen) atoms. The van der Waals surface area contributed by atoms with Crippen molar-refractivity contribution in [2.24, 2.45) is 0 Å². The molecule has 0 saturated heterocycles. The third kappa shape index (κ3) is 6.10. The molecule has 6 nitrogen and oxygen atoms in total. The molecular weight excluding hydrogens is 713 g/mol. The van der Waals surface area contributed by atoms with E-state index in [0.29, 0.717) is 23.4 Å². The molecule has 8 aromatic carbocycles. The number of hydrogen-bond donors (Lipinski definition) is 0. The summed E-state index contributed by atoms with van der Waals surface area (Å²) in [6, 6.07) is 66.0. The van der Waals surface area contributed by atoms with Crippen molar-refractivity contribution in [3.05, 3.63) is 194 Å². The summed E-state index contributed by atoms with van der Waals surface area (Å²) in [4.78, 5) is 20.0. The van der Waals surface area contributed by atoms with Crippen LogP contribution in [0, 0.1) is 0 Å². The molecule has 11 rings (SSSR count). The van der Waals surface area contributed by atoms with Gasteiger partial charge in [0.1, 0.15) is 16.7 Å². The molecule has 3 heterocycles. The van der Waals surface area contributed by atoms with Crippen LogP contribution in [0.3, 0.4) is 0 Å². The third-order valence-corrected chi connectivity index (χ3v) is 10.6. The van der Waals surface area contributed by atoms with Gasteiger partial charge in [0.2, 0.25) is 5.89 Å². The van der Waals surface area contributed by atoms with Gasteiger partial charge in [0.15, 0.2) is 23.1 Å². The van der Waals surface area contributed by atoms with Crippen LogP contribution in [-0.4, -0.2) is 19.9 Å². The molecule has 0 aliphatic heterocycles. The molecule has 6 heteroatoms. The van der Waals surface area contributed by atoms with Crippen LogP contribution in [0.5, 0.6) is 0 Å². The van der Waals surface area contributed by atoms with E-state index in [1.165, 1.54) is 11.1 Å². The third-order valence-electron chi connectivity index (χ3n) is 10.6. The maximum absolute atomic E-state index is 6.39. The average molecular weight is 745 g/mol. The lowest BCUT2D eigenvalue weighted by Crippen LogP contribution is -2.00. The van der Waals surface area contributed by atoms with E-state index in [1.807, 2.05) is 84.9 Å². The highest BCUT2D eigenvalue weighted by atomic mass is 16.3. The minimum absolute atomic E-state index is 0.573. The first-order valence-corrected chi connectivity index (χ1v) is 19.2. The topological polar surface area (TPSA) is 77.8 Å². The summed E-state index contributed by atoms with van der Waals surface area (Å²) >= 11 is 0. The Labute approximate surface area is 333 Å². The number of para-hydroxylation sites is 2. The number of rotatable bonds is 7. The van der Waals surface area contributed by atoms with E-state index in [2.05, 4.69) is 109 Å². The van der Waals surface area contributed by atoms with Crippen LogP contribution in [0.25, 0.3) is 112 Å². The lowest BCUT2D eigenvalue weighted by atomic mass is 9.99. The van der Waals surface area contributed by atoms with E-state index in [-0.39, 0.29) is 0 Å². The van der Waals surface area contributed by atoms with E-state index in [0.717, 1.165) is 77.5 Å². The normalized spacial score (nSPS) is 11.4. The van der Waals surface area contributed by atoms with Gasteiger partial charge in [-0.25, -0.2) is 19.9 Å². The largest absolute Gasteiger partial charge is 0.456 e. The molecule has 0 fully saturated rings. The molecular formula is C52H32N4O2. The summed E-state index contributed by atoms with van der Waals surface area (Å²) < 4.78 is 12.6. The van der Waals surface area contributed by atoms with Crippen LogP contribution in [0.1, 0.15) is 0 Å². The zero-order chi connectivity index (χ0) is 38.4. The smallest absolute Gasteiger partial charge is 0.227 e. The average Bonchev–Trinajstić information content (AvgIpc) is 3.92. The summed E-state index contributed by atoms with van der Waals surface area (Å²) in [7, 11) is 0. The predicted octanol–water partition coefficient (Wildman–Crippen LogP) is 13.6. The van der Waals surface area contributed by atoms with Gasteiger partial charge in [-0.2, -0.15) is 0 Å². The molecule has 0 saturated carbocycles. The van der Waals surface area contributed by atoms with Crippen molar-refractivity contribution >= 4 is 33.0 Å². The minimum atomic E-state index is 0.573. The first-order chi connectivity index (χ1) is 28.7. The van der Waals surface area contributed by atoms with Crippen LogP contribution in [0.2, 0.25) is 0 Å². The molecule has 3 aromatic heterocycles. The van der Waals surface area contributed by atoms with Gasteiger partial charge in [-0.05, 0) is 64.2 Å². The fraction of sp³-hybridized carbons (Fsp3) is 0. The number of oxazole rings is 1. The Balaban J connectivity index is 0.921. The van der Waals surface area contributed by atoms with Crippen molar-refractivity contribution in [2.45, 2.75) is 0 Å². The zero-order valence-corrected chi connectivity index (χ0v) is 31.1. The molecule has 0 radical (unpaired) electrons. The first kappa shape index (κ1) is 33.4. The fourth-order valence-corrected chi connectivity index (χ4v) is 7.64. The summed E-state index contributed by atoms with van der Waals surface area (Å²) in [5.41, 5.74) is 13.3. The van der Waals surface area contributed by atoms with Crippen LogP contribution in [0.4, 0.5) is 0 Å². The second-order valence-electron chi connectivity index (χ2n) is 14.3. The van der Waals surface area contributed by atoms with Crippen LogP contribution in [0.15, 0.2) is 203 Å². The molecule has 0 aliphatic carbocycles. The Hall–Kier alpha value is -7.96. The monoisotopic (exact) mass is 744 g/mol. The highest BCUT2D eigenvalue weighted by Crippen LogP contribution is 2.36. The van der Waals surface area contributed by atoms with Crippen molar-refractivity contribution in [1.82, 2.24) is 19.9 Å². The van der Waals surface area contributed by atoms with E-state index in [9.17, 15) is 0 Å². The van der Waals surface area contributed by atoms with Gasteiger partial charge in [0.05, 0.1) is 0 Å². The molecule has 0 unspecified atom stereocenters. The summed E-state index contributed by atoms with van der Waals surface area (Å²) in [6.07, 6.45) is 0. The number of hydrogen-bond acceptors (Lipinski definition) is 6. The lowest BCUT2D eigenvalue weighted by Gasteiger charge is -2.09. The summed E-state index contributed by atoms with van der Waals surface area (Å²) in [5.74, 6) is 2.33. The molecule has 0 spiro atoms. The van der Waals surface area contributed by atoms with Gasteiger partial charge in [-0.1, -0.05) is 158 Å². The Morgan fingerprint density at radius 1 is 0.276 bits per heavy atom. The standard InChI is InChI=1S/C52H32N4O2/c1-3-11-33(12-4-1)34-21-23-35(24-22-34)39-15-9-16-41(31-39)52-53-48-42(18-10-20-46(48)58-52)36-25-27-38(28-26-36)50-54-49(37-13-5-2-6-14-37)55-51(56-50)40-29-30-44-43-17-7-8-19-45(43)57-47(44)32-40/h1-32H. The summed E-state index contributed by atoms with van der Waals surface area (Å²) in [6.45, 7) is 0. The van der Waals surface area contributed by atoms with Crippen molar-refractivity contribution in [2.75, 3.05) is 0 Å². The molecule has 0 bridgehead atoms. The van der Waals surface area contributed by atoms with Crippen LogP contribution >= 0.6 is 0 Å². The van der Waals surface area contributed by atoms with Crippen LogP contribution in [-0.2, 0) is 0 Å². The maximum atomic E-state index is 6.39. The van der Waals surface area contributed by atoms with E-state index in [1.54, 1.807) is 0 Å². The van der Waals surface area contributed by atoms with Gasteiger partial charge < -0.3 is 8.83 Å². The Morgan fingerprint density at radius 3 is 1.53 bits per heavy atom. The quantitative estimate of drug-likeness (QED) is 0.162. The summed E-state index contributed by atoms with van der Waals surface area (Å²) in [5, 5.41) is 2.14. The lowest BCUT2D eigenvalue weighted by molar-refractivity contribution is 0.620. The highest BCUT2D eigenvalue weighted by molar-refractivity contribution is 6.05. The van der Waals surface area contributed by atoms with Crippen molar-refractivity contribution in [1.29, 1.82) is 0 Å². The number of benzene rings is 8. The predicted molar refractivity (Wildman–Crippen MR) is 233 cm³/mol. The number of fused-ring (bicyclic) bond motifs is 4. The molecule has 0 atom stereocenters. The maximum Gasteiger partial charge on any atom is 0.227 e. The second kappa shape index (κ2) is 14.0. The van der Waals surface area contributed by atoms with Gasteiger partial charge >= 0.3 is 0 Å². The first-order valence-electron chi connectivity index (χ1n) is 19.2. The van der Waals surface area contributed by atoms with Gasteiger partial charge in [0.25, 0.3) is 0 Å². The van der Waals surface area contributed by atoms with Gasteiger partial charge in [-0.3, -0.25) is 0 Å². The van der Waals surface area contributed by atoms with E-state index >= 15 is 0 Å². The van der Waals surface area contributed by atoms with Gasteiger partial charge in [-0.15, -0.1) is 0 Å². The SMILES string of the molecule is c1ccc(-c2ccc(-c3cccc(-c4nc5c(-c6ccc(-c7nc(-c8ccccc8)nc(-c8ccc9c(c8)oc8ccccc89)n7)cc6)cccc5o4)c3)cc2)cc1. The molecule has 11 aromatic rings. The highest BCUT2D eigenvalue weighted by Gasteiger charge is 2.17. The Kier molecular flexibility index (Phi) is 8.04. The fourth-order valence-electron chi connectivity index (χ4n) is 7.64. The van der Waals surface area contributed by atoms with Crippen molar-refractivity contribution in [3.63, 3.8) is 0 Å². The molecule has 0 amide bonds. The van der Waals surface area contributed by atoms with Crippen molar-refractivity contribution < 1.29 is 8.83 Å². The minimum Gasteiger partial charge on any atom is -0.456 e. The van der Waals surface area contributed by atoms with E-state index in [4.69, 9.17) is 28.8 Å². The Morgan fingerprint density at radius 2 is 0.776 bits per heavy atom.